The molecule has 3 nitrogen and oxygen atoms in total. The van der Waals surface area contributed by atoms with Gasteiger partial charge < -0.3 is 10.3 Å². The number of benzene rings is 1. The van der Waals surface area contributed by atoms with Crippen LogP contribution in [0.3, 0.4) is 0 Å². The second kappa shape index (κ2) is 3.94. The van der Waals surface area contributed by atoms with E-state index in [-0.39, 0.29) is 0 Å². The topological polar surface area (TPSA) is 52.0 Å². The first-order valence-electron chi connectivity index (χ1n) is 4.20. The van der Waals surface area contributed by atoms with Crippen LogP contribution in [0.15, 0.2) is 39.5 Å². The number of rotatable bonds is 2. The molecular weight excluding hydrogens is 244 g/mol. The Morgan fingerprint density at radius 1 is 1.29 bits per heavy atom. The van der Waals surface area contributed by atoms with Crippen LogP contribution in [-0.2, 0) is 6.54 Å². The Bertz CT molecular complexity index is 422. The number of halogens is 1. The summed E-state index contributed by atoms with van der Waals surface area (Å²) in [5.41, 5.74) is 8.34. The van der Waals surface area contributed by atoms with Gasteiger partial charge in [-0.05, 0) is 17.7 Å². The molecule has 0 saturated heterocycles. The van der Waals surface area contributed by atoms with Crippen molar-refractivity contribution in [2.45, 2.75) is 6.54 Å². The molecule has 0 aliphatic rings. The molecule has 0 saturated carbocycles. The largest absolute Gasteiger partial charge is 0.364 e. The Hall–Kier alpha value is -1.13. The lowest BCUT2D eigenvalue weighted by atomic mass is 10.1. The molecule has 0 radical (unpaired) electrons. The van der Waals surface area contributed by atoms with Crippen LogP contribution in [0.25, 0.3) is 11.1 Å². The third-order valence-electron chi connectivity index (χ3n) is 1.99. The van der Waals surface area contributed by atoms with Gasteiger partial charge in [0.1, 0.15) is 12.0 Å². The van der Waals surface area contributed by atoms with E-state index >= 15 is 0 Å². The fraction of sp³-hybridized carbons (Fsp3) is 0.100. The van der Waals surface area contributed by atoms with E-state index in [0.717, 1.165) is 21.3 Å². The minimum atomic E-state index is 0.391. The zero-order valence-electron chi connectivity index (χ0n) is 7.40. The van der Waals surface area contributed by atoms with Gasteiger partial charge in [0.05, 0.1) is 0 Å². The Kier molecular flexibility index (Phi) is 2.65. The van der Waals surface area contributed by atoms with Gasteiger partial charge in [0.15, 0.2) is 0 Å². The highest BCUT2D eigenvalue weighted by molar-refractivity contribution is 9.10. The van der Waals surface area contributed by atoms with Crippen LogP contribution < -0.4 is 5.73 Å². The van der Waals surface area contributed by atoms with Gasteiger partial charge in [-0.3, -0.25) is 0 Å². The Labute approximate surface area is 90.0 Å². The van der Waals surface area contributed by atoms with Crippen molar-refractivity contribution >= 4 is 15.9 Å². The predicted molar refractivity (Wildman–Crippen MR) is 57.5 cm³/mol. The van der Waals surface area contributed by atoms with Gasteiger partial charge in [-0.2, -0.15) is 0 Å². The third kappa shape index (κ3) is 1.71. The van der Waals surface area contributed by atoms with Gasteiger partial charge in [-0.1, -0.05) is 33.2 Å². The summed E-state index contributed by atoms with van der Waals surface area (Å²) in [6.07, 6.45) is 1.62. The van der Waals surface area contributed by atoms with Crippen LogP contribution in [0.2, 0.25) is 0 Å². The van der Waals surface area contributed by atoms with Crippen LogP contribution in [-0.4, -0.2) is 5.16 Å². The molecule has 2 rings (SSSR count). The number of hydrogen-bond donors (Lipinski definition) is 1. The summed E-state index contributed by atoms with van der Waals surface area (Å²) in [5.74, 6) is 0. The molecule has 1 aromatic heterocycles. The molecule has 0 bridgehead atoms. The molecule has 0 aliphatic heterocycles. The Morgan fingerprint density at radius 3 is 2.64 bits per heavy atom. The fourth-order valence-corrected chi connectivity index (χ4v) is 1.54. The summed E-state index contributed by atoms with van der Waals surface area (Å²) in [7, 11) is 0. The Balaban J connectivity index is 2.44. The van der Waals surface area contributed by atoms with E-state index in [1.807, 2.05) is 24.3 Å². The van der Waals surface area contributed by atoms with Gasteiger partial charge in [0, 0.05) is 16.6 Å². The molecule has 0 fully saturated rings. The minimum absolute atomic E-state index is 0.391. The lowest BCUT2D eigenvalue weighted by Crippen LogP contribution is -1.97. The number of aromatic nitrogens is 1. The van der Waals surface area contributed by atoms with E-state index in [4.69, 9.17) is 10.3 Å². The van der Waals surface area contributed by atoms with Gasteiger partial charge in [-0.15, -0.1) is 0 Å². The van der Waals surface area contributed by atoms with Crippen LogP contribution in [0.1, 0.15) is 5.69 Å². The molecule has 2 N–H and O–H groups in total. The molecule has 2 aromatic rings. The molecule has 0 spiro atoms. The van der Waals surface area contributed by atoms with Crippen molar-refractivity contribution in [2.75, 3.05) is 0 Å². The van der Waals surface area contributed by atoms with E-state index < -0.39 is 0 Å². The van der Waals surface area contributed by atoms with Crippen molar-refractivity contribution in [2.24, 2.45) is 5.73 Å². The molecule has 72 valence electrons. The second-order valence-corrected chi connectivity index (χ2v) is 3.80. The summed E-state index contributed by atoms with van der Waals surface area (Å²) in [4.78, 5) is 0. The molecule has 14 heavy (non-hydrogen) atoms. The van der Waals surface area contributed by atoms with Crippen LogP contribution in [0.4, 0.5) is 0 Å². The molecule has 1 heterocycles. The second-order valence-electron chi connectivity index (χ2n) is 2.89. The highest BCUT2D eigenvalue weighted by Crippen LogP contribution is 2.24. The van der Waals surface area contributed by atoms with Gasteiger partial charge >= 0.3 is 0 Å². The summed E-state index contributed by atoms with van der Waals surface area (Å²) < 4.78 is 5.93. The van der Waals surface area contributed by atoms with Gasteiger partial charge in [0.2, 0.25) is 0 Å². The standard InChI is InChI=1S/C10H9BrN2O/c11-8-3-1-7(2-4-8)9-6-14-13-10(9)5-12/h1-4,6H,5,12H2. The van der Waals surface area contributed by atoms with Gasteiger partial charge in [-0.25, -0.2) is 0 Å². The Morgan fingerprint density at radius 2 is 2.00 bits per heavy atom. The van der Waals surface area contributed by atoms with Crippen LogP contribution in [0.5, 0.6) is 0 Å². The van der Waals surface area contributed by atoms with Crippen LogP contribution in [0, 0.1) is 0 Å². The van der Waals surface area contributed by atoms with Gasteiger partial charge in [0.25, 0.3) is 0 Å². The zero-order chi connectivity index (χ0) is 9.97. The highest BCUT2D eigenvalue weighted by atomic mass is 79.9. The van der Waals surface area contributed by atoms with E-state index in [1.54, 1.807) is 6.26 Å². The number of hydrogen-bond acceptors (Lipinski definition) is 3. The van der Waals surface area contributed by atoms with Crippen LogP contribution >= 0.6 is 15.9 Å². The summed E-state index contributed by atoms with van der Waals surface area (Å²) >= 11 is 3.38. The van der Waals surface area contributed by atoms with Crippen molar-refractivity contribution in [3.8, 4) is 11.1 Å². The molecule has 4 heteroatoms. The van der Waals surface area contributed by atoms with E-state index in [0.29, 0.717) is 6.54 Å². The average molecular weight is 253 g/mol. The minimum Gasteiger partial charge on any atom is -0.364 e. The first kappa shape index (κ1) is 9.43. The van der Waals surface area contributed by atoms with Crippen molar-refractivity contribution < 1.29 is 4.52 Å². The highest BCUT2D eigenvalue weighted by Gasteiger charge is 2.07. The lowest BCUT2D eigenvalue weighted by Gasteiger charge is -1.98. The van der Waals surface area contributed by atoms with Crippen molar-refractivity contribution in [1.82, 2.24) is 5.16 Å². The molecular formula is C10H9BrN2O. The molecule has 0 amide bonds. The zero-order valence-corrected chi connectivity index (χ0v) is 8.99. The fourth-order valence-electron chi connectivity index (χ4n) is 1.27. The maximum atomic E-state index is 5.53. The lowest BCUT2D eigenvalue weighted by molar-refractivity contribution is 0.412. The van der Waals surface area contributed by atoms with Crippen molar-refractivity contribution in [3.05, 3.63) is 40.7 Å². The first-order chi connectivity index (χ1) is 6.81. The molecule has 0 aliphatic carbocycles. The van der Waals surface area contributed by atoms with E-state index in [2.05, 4.69) is 21.1 Å². The SMILES string of the molecule is NCc1nocc1-c1ccc(Br)cc1. The maximum absolute atomic E-state index is 5.53. The van der Waals surface area contributed by atoms with E-state index in [1.165, 1.54) is 0 Å². The first-order valence-corrected chi connectivity index (χ1v) is 5.00. The van der Waals surface area contributed by atoms with Crippen molar-refractivity contribution in [3.63, 3.8) is 0 Å². The summed E-state index contributed by atoms with van der Waals surface area (Å²) in [6, 6.07) is 7.94. The monoisotopic (exact) mass is 252 g/mol. The number of nitrogens with two attached hydrogens (primary N) is 1. The third-order valence-corrected chi connectivity index (χ3v) is 2.52. The van der Waals surface area contributed by atoms with Crippen molar-refractivity contribution in [1.29, 1.82) is 0 Å². The normalized spacial score (nSPS) is 10.4. The predicted octanol–water partition coefficient (Wildman–Crippen LogP) is 2.56. The quantitative estimate of drug-likeness (QED) is 0.894. The molecule has 0 unspecified atom stereocenters. The number of nitrogens with zero attached hydrogens (tertiary/aromatic N) is 1. The summed E-state index contributed by atoms with van der Waals surface area (Å²) in [6.45, 7) is 0.391. The average Bonchev–Trinajstić information content (AvgIpc) is 2.67. The van der Waals surface area contributed by atoms with E-state index in [9.17, 15) is 0 Å². The summed E-state index contributed by atoms with van der Waals surface area (Å²) in [5, 5.41) is 3.82. The molecule has 0 atom stereocenters. The molecule has 1 aromatic carbocycles. The maximum Gasteiger partial charge on any atom is 0.131 e. The smallest absolute Gasteiger partial charge is 0.131 e.